The standard InChI is InChI=1S/C52H58F7N7O6/c1-29-21-37(63(23-30-9-15-35(68-5)16-10-30)24-31-11-17-36(69-6)18-12-31)60-43(41(29)52(57,58)59)38-39(46(55)56)45(70-7)40-44(42(38)54)61-48(71-28-51-19-8-20-65(51)25-32(53)22-51)62-47(40)64-26-33-13-14-34(27-64)66(33)49(67)72-50(2,3)4/h9-12,15-18,21,32-34,46H,8,13-14,19-20,22-28H2,1-7H3/t32-,33?,34?,51+/m1/s1. The maximum Gasteiger partial charge on any atom is 0.418 e. The number of benzene rings is 3. The van der Waals surface area contributed by atoms with Gasteiger partial charge in [-0.3, -0.25) is 9.80 Å². The summed E-state index contributed by atoms with van der Waals surface area (Å²) in [6.45, 7) is 7.49. The van der Waals surface area contributed by atoms with E-state index in [1.807, 2.05) is 4.90 Å². The predicted octanol–water partition coefficient (Wildman–Crippen LogP) is 10.9. The Morgan fingerprint density at radius 3 is 2.03 bits per heavy atom. The van der Waals surface area contributed by atoms with Gasteiger partial charge in [-0.2, -0.15) is 23.1 Å². The first-order chi connectivity index (χ1) is 34.2. The number of hydrogen-bond acceptors (Lipinski definition) is 12. The molecule has 9 rings (SSSR count). The number of halogens is 7. The van der Waals surface area contributed by atoms with Crippen LogP contribution in [0.2, 0.25) is 0 Å². The highest BCUT2D eigenvalue weighted by Gasteiger charge is 2.50. The quantitative estimate of drug-likeness (QED) is 0.0987. The van der Waals surface area contributed by atoms with Crippen LogP contribution in [0.1, 0.15) is 87.1 Å². The molecule has 2 aromatic heterocycles. The number of anilines is 2. The summed E-state index contributed by atoms with van der Waals surface area (Å²) in [6.07, 6.45) is -7.83. The van der Waals surface area contributed by atoms with Crippen molar-refractivity contribution in [1.29, 1.82) is 0 Å². The SMILES string of the molecule is COc1ccc(CN(Cc2ccc(OC)cc2)c2cc(C)c(C(F)(F)F)c(-c3c(C(F)F)c(OC)c4c(N5CC6CCC(C5)N6C(=O)OC(C)(C)C)nc(OC[C@@]56CCCN5C[C@H](F)C6)nc4c3F)n2)cc1. The van der Waals surface area contributed by atoms with Gasteiger partial charge in [0, 0.05) is 39.1 Å². The molecule has 3 aromatic carbocycles. The fraction of sp³-hybridized carbons (Fsp3) is 0.500. The summed E-state index contributed by atoms with van der Waals surface area (Å²) in [5, 5.41) is -0.334. The average molecular weight is 1010 g/mol. The number of carbonyl (C=O) groups excluding carboxylic acids is 1. The number of nitrogens with zero attached hydrogens (tertiary/aromatic N) is 7. The van der Waals surface area contributed by atoms with E-state index in [0.717, 1.165) is 13.5 Å². The minimum Gasteiger partial charge on any atom is -0.497 e. The maximum atomic E-state index is 18.3. The van der Waals surface area contributed by atoms with E-state index >= 15 is 26.3 Å². The van der Waals surface area contributed by atoms with Crippen molar-refractivity contribution >= 4 is 28.6 Å². The smallest absolute Gasteiger partial charge is 0.418 e. The van der Waals surface area contributed by atoms with Gasteiger partial charge in [0.15, 0.2) is 5.82 Å². The van der Waals surface area contributed by atoms with Crippen molar-refractivity contribution in [2.24, 2.45) is 0 Å². The second-order valence-corrected chi connectivity index (χ2v) is 20.1. The summed E-state index contributed by atoms with van der Waals surface area (Å²) >= 11 is 0. The zero-order valence-electron chi connectivity index (χ0n) is 41.2. The summed E-state index contributed by atoms with van der Waals surface area (Å²) in [5.41, 5.74) is -6.08. The molecule has 4 fully saturated rings. The number of hydrogen-bond donors (Lipinski definition) is 0. The van der Waals surface area contributed by atoms with Crippen LogP contribution in [0.3, 0.4) is 0 Å². The largest absolute Gasteiger partial charge is 0.497 e. The molecule has 4 aliphatic rings. The molecule has 4 atom stereocenters. The first kappa shape index (κ1) is 50.6. The van der Waals surface area contributed by atoms with Crippen LogP contribution in [-0.4, -0.2) is 114 Å². The molecule has 20 heteroatoms. The molecule has 0 aliphatic carbocycles. The highest BCUT2D eigenvalue weighted by atomic mass is 19.4. The number of aromatic nitrogens is 3. The molecule has 2 bridgehead atoms. The van der Waals surface area contributed by atoms with Gasteiger partial charge in [0.1, 0.15) is 52.8 Å². The predicted molar refractivity (Wildman–Crippen MR) is 255 cm³/mol. The Morgan fingerprint density at radius 2 is 1.49 bits per heavy atom. The molecule has 0 N–H and O–H groups in total. The van der Waals surface area contributed by atoms with Crippen molar-refractivity contribution < 1.29 is 59.2 Å². The van der Waals surface area contributed by atoms with Crippen LogP contribution >= 0.6 is 0 Å². The Kier molecular flexibility index (Phi) is 13.8. The molecule has 0 saturated carbocycles. The fourth-order valence-electron chi connectivity index (χ4n) is 11.0. The van der Waals surface area contributed by atoms with Gasteiger partial charge in [0.25, 0.3) is 6.43 Å². The van der Waals surface area contributed by atoms with E-state index in [1.54, 1.807) is 84.0 Å². The topological polar surface area (TPSA) is 115 Å². The monoisotopic (exact) mass is 1010 g/mol. The van der Waals surface area contributed by atoms with Gasteiger partial charge in [-0.05, 0) is 107 Å². The molecule has 4 aliphatic heterocycles. The molecule has 2 unspecified atom stereocenters. The lowest BCUT2D eigenvalue weighted by molar-refractivity contribution is -0.137. The van der Waals surface area contributed by atoms with Crippen LogP contribution in [0.5, 0.6) is 23.3 Å². The van der Waals surface area contributed by atoms with Crippen LogP contribution in [0, 0.1) is 12.7 Å². The van der Waals surface area contributed by atoms with Gasteiger partial charge in [-0.1, -0.05) is 24.3 Å². The van der Waals surface area contributed by atoms with E-state index in [4.69, 9.17) is 28.7 Å². The van der Waals surface area contributed by atoms with Crippen molar-refractivity contribution in [3.05, 3.63) is 88.2 Å². The first-order valence-corrected chi connectivity index (χ1v) is 24.0. The van der Waals surface area contributed by atoms with Crippen molar-refractivity contribution in [2.45, 2.75) is 115 Å². The number of rotatable bonds is 14. The average Bonchev–Trinajstić information content (AvgIpc) is 3.95. The lowest BCUT2D eigenvalue weighted by atomic mass is 9.93. The fourth-order valence-corrected chi connectivity index (χ4v) is 11.0. The molecule has 1 amide bonds. The molecule has 0 spiro atoms. The highest BCUT2D eigenvalue weighted by Crippen LogP contribution is 2.51. The van der Waals surface area contributed by atoms with Crippen molar-refractivity contribution in [3.8, 4) is 34.5 Å². The molecular formula is C52H58F7N7O6. The van der Waals surface area contributed by atoms with Crippen LogP contribution in [0.15, 0.2) is 54.6 Å². The molecule has 72 heavy (non-hydrogen) atoms. The normalized spacial score (nSPS) is 21.1. The first-order valence-electron chi connectivity index (χ1n) is 24.0. The second kappa shape index (κ2) is 19.6. The Labute approximate surface area is 413 Å². The number of fused-ring (bicyclic) bond motifs is 4. The van der Waals surface area contributed by atoms with Gasteiger partial charge in [-0.25, -0.2) is 27.3 Å². The van der Waals surface area contributed by atoms with Gasteiger partial charge in [0.05, 0.1) is 66.7 Å². The van der Waals surface area contributed by atoms with Crippen molar-refractivity contribution in [2.75, 3.05) is 63.9 Å². The number of amides is 1. The molecular weight excluding hydrogens is 952 g/mol. The summed E-state index contributed by atoms with van der Waals surface area (Å²) in [4.78, 5) is 34.3. The number of methoxy groups -OCH3 is 3. The third-order valence-electron chi connectivity index (χ3n) is 14.2. The molecule has 0 radical (unpaired) electrons. The number of carbonyl (C=O) groups is 1. The third-order valence-corrected chi connectivity index (χ3v) is 14.2. The van der Waals surface area contributed by atoms with E-state index in [2.05, 4.69) is 9.97 Å². The minimum absolute atomic E-state index is 0.0705. The summed E-state index contributed by atoms with van der Waals surface area (Å²) in [5.74, 6) is -1.24. The Balaban J connectivity index is 1.24. The van der Waals surface area contributed by atoms with Gasteiger partial charge in [0.2, 0.25) is 0 Å². The molecule has 386 valence electrons. The molecule has 5 aromatic rings. The summed E-state index contributed by atoms with van der Waals surface area (Å²) in [6, 6.07) is 13.9. The number of alkyl halides is 6. The van der Waals surface area contributed by atoms with Crippen LogP contribution in [0.4, 0.5) is 47.2 Å². The lowest BCUT2D eigenvalue weighted by Crippen LogP contribution is -2.57. The Hall–Kier alpha value is -6.31. The maximum absolute atomic E-state index is 18.3. The number of piperazine rings is 1. The highest BCUT2D eigenvalue weighted by molar-refractivity contribution is 6.01. The summed E-state index contributed by atoms with van der Waals surface area (Å²) < 4.78 is 141. The van der Waals surface area contributed by atoms with Gasteiger partial charge >= 0.3 is 18.3 Å². The van der Waals surface area contributed by atoms with Gasteiger partial charge in [-0.15, -0.1) is 0 Å². The van der Waals surface area contributed by atoms with Crippen LogP contribution in [0.25, 0.3) is 22.2 Å². The number of ether oxygens (including phenoxy) is 5. The molecule has 13 nitrogen and oxygen atoms in total. The minimum atomic E-state index is -5.23. The Bertz CT molecular complexity index is 2750. The van der Waals surface area contributed by atoms with E-state index in [-0.39, 0.29) is 62.8 Å². The third kappa shape index (κ3) is 9.82. The number of pyridine rings is 1. The van der Waals surface area contributed by atoms with E-state index in [1.165, 1.54) is 27.2 Å². The zero-order chi connectivity index (χ0) is 51.4. The van der Waals surface area contributed by atoms with E-state index in [0.29, 0.717) is 48.4 Å². The van der Waals surface area contributed by atoms with Crippen molar-refractivity contribution in [3.63, 3.8) is 0 Å². The molecule has 4 saturated heterocycles. The second-order valence-electron chi connectivity index (χ2n) is 20.1. The van der Waals surface area contributed by atoms with E-state index in [9.17, 15) is 9.18 Å². The van der Waals surface area contributed by atoms with Crippen LogP contribution in [-0.2, 0) is 24.0 Å². The van der Waals surface area contributed by atoms with Crippen LogP contribution < -0.4 is 28.7 Å². The zero-order valence-corrected chi connectivity index (χ0v) is 41.2. The summed E-state index contributed by atoms with van der Waals surface area (Å²) in [7, 11) is 4.08. The Morgan fingerprint density at radius 1 is 0.875 bits per heavy atom. The van der Waals surface area contributed by atoms with Crippen molar-refractivity contribution in [1.82, 2.24) is 24.8 Å². The number of aryl methyl sites for hydroxylation is 1. The molecule has 6 heterocycles. The van der Waals surface area contributed by atoms with Gasteiger partial charge < -0.3 is 33.5 Å². The lowest BCUT2D eigenvalue weighted by Gasteiger charge is -2.42. The van der Waals surface area contributed by atoms with E-state index < -0.39 is 99.1 Å².